The Morgan fingerprint density at radius 2 is 1.79 bits per heavy atom. The third-order valence-corrected chi connectivity index (χ3v) is 7.43. The predicted octanol–water partition coefficient (Wildman–Crippen LogP) is 5.05. The lowest BCUT2D eigenvalue weighted by Crippen LogP contribution is -2.40. The Balaban J connectivity index is 1.18. The van der Waals surface area contributed by atoms with Gasteiger partial charge in [0.2, 0.25) is 5.95 Å². The number of nitrogens with zero attached hydrogens (tertiary/aromatic N) is 4. The van der Waals surface area contributed by atoms with Gasteiger partial charge in [0, 0.05) is 37.8 Å². The highest BCUT2D eigenvalue weighted by atomic mass is 16.6. The molecule has 0 atom stereocenters. The number of rotatable bonds is 7. The first-order valence-electron chi connectivity index (χ1n) is 13.3. The van der Waals surface area contributed by atoms with Gasteiger partial charge in [0.25, 0.3) is 11.6 Å². The molecule has 1 saturated carbocycles. The molecule has 0 radical (unpaired) electrons. The SMILES string of the molecule is Cc1ccc(-c2ccc(C(=O)NC3CCC(Nc4nc5c(c(N(C)C)n4)CCCC5)CC3)o2)c([N+](=O)[O-])c1. The van der Waals surface area contributed by atoms with Gasteiger partial charge in [0.15, 0.2) is 5.76 Å². The van der Waals surface area contributed by atoms with Crippen LogP contribution in [0, 0.1) is 17.0 Å². The van der Waals surface area contributed by atoms with Gasteiger partial charge in [-0.05, 0) is 82.1 Å². The van der Waals surface area contributed by atoms with Gasteiger partial charge in [-0.2, -0.15) is 4.98 Å². The van der Waals surface area contributed by atoms with Crippen molar-refractivity contribution in [3.05, 3.63) is 63.0 Å². The fourth-order valence-electron chi connectivity index (χ4n) is 5.44. The van der Waals surface area contributed by atoms with Crippen molar-refractivity contribution in [2.75, 3.05) is 24.3 Å². The van der Waals surface area contributed by atoms with E-state index in [9.17, 15) is 14.9 Å². The van der Waals surface area contributed by atoms with E-state index in [-0.39, 0.29) is 29.4 Å². The highest BCUT2D eigenvalue weighted by Crippen LogP contribution is 2.33. The van der Waals surface area contributed by atoms with Crippen LogP contribution in [0.5, 0.6) is 0 Å². The Bertz CT molecular complexity index is 1340. The summed E-state index contributed by atoms with van der Waals surface area (Å²) in [6.07, 6.45) is 7.82. The lowest BCUT2D eigenvalue weighted by molar-refractivity contribution is -0.384. The van der Waals surface area contributed by atoms with E-state index in [0.717, 1.165) is 55.6 Å². The number of aryl methyl sites for hydroxylation is 2. The molecule has 10 heteroatoms. The Hall–Kier alpha value is -3.95. The van der Waals surface area contributed by atoms with Crippen LogP contribution in [0.15, 0.2) is 34.7 Å². The largest absolute Gasteiger partial charge is 0.451 e. The zero-order valence-corrected chi connectivity index (χ0v) is 22.1. The van der Waals surface area contributed by atoms with E-state index < -0.39 is 4.92 Å². The molecule has 2 N–H and O–H groups in total. The van der Waals surface area contributed by atoms with Gasteiger partial charge in [-0.3, -0.25) is 14.9 Å². The number of fused-ring (bicyclic) bond motifs is 1. The maximum atomic E-state index is 12.9. The summed E-state index contributed by atoms with van der Waals surface area (Å²) in [6, 6.07) is 8.39. The molecule has 5 rings (SSSR count). The van der Waals surface area contributed by atoms with Crippen LogP contribution < -0.4 is 15.5 Å². The zero-order chi connectivity index (χ0) is 26.8. The van der Waals surface area contributed by atoms with Crippen molar-refractivity contribution in [3.8, 4) is 11.3 Å². The minimum atomic E-state index is -0.437. The minimum absolute atomic E-state index is 0.0320. The smallest absolute Gasteiger partial charge is 0.287 e. The normalized spacial score (nSPS) is 18.9. The van der Waals surface area contributed by atoms with Crippen LogP contribution >= 0.6 is 0 Å². The third kappa shape index (κ3) is 5.49. The van der Waals surface area contributed by atoms with Gasteiger partial charge in [-0.1, -0.05) is 6.07 Å². The second-order valence-electron chi connectivity index (χ2n) is 10.5. The number of nitrogens with one attached hydrogen (secondary N) is 2. The summed E-state index contributed by atoms with van der Waals surface area (Å²) in [6.45, 7) is 1.79. The maximum absolute atomic E-state index is 12.9. The van der Waals surface area contributed by atoms with Crippen molar-refractivity contribution in [2.24, 2.45) is 0 Å². The van der Waals surface area contributed by atoms with Gasteiger partial charge in [0.05, 0.1) is 16.2 Å². The molecule has 1 fully saturated rings. The van der Waals surface area contributed by atoms with Gasteiger partial charge in [-0.15, -0.1) is 0 Å². The standard InChI is InChI=1S/C28H34N6O4/c1-17-8-13-21(23(16-17)34(36)37)24-14-15-25(38-24)27(35)29-18-9-11-19(12-10-18)30-28-31-22-7-5-4-6-20(22)26(32-28)33(2)3/h8,13-16,18-19H,4-7,9-12H2,1-3H3,(H,29,35)(H,30,31,32). The highest BCUT2D eigenvalue weighted by molar-refractivity contribution is 5.92. The summed E-state index contributed by atoms with van der Waals surface area (Å²) < 4.78 is 5.73. The molecular weight excluding hydrogens is 484 g/mol. The number of anilines is 2. The van der Waals surface area contributed by atoms with E-state index in [1.54, 1.807) is 31.2 Å². The molecule has 1 aromatic carbocycles. The average Bonchev–Trinajstić information content (AvgIpc) is 3.39. The lowest BCUT2D eigenvalue weighted by atomic mass is 9.91. The predicted molar refractivity (Wildman–Crippen MR) is 146 cm³/mol. The maximum Gasteiger partial charge on any atom is 0.287 e. The van der Waals surface area contributed by atoms with Crippen molar-refractivity contribution in [1.82, 2.24) is 15.3 Å². The van der Waals surface area contributed by atoms with Crippen LogP contribution in [0.3, 0.4) is 0 Å². The third-order valence-electron chi connectivity index (χ3n) is 7.43. The van der Waals surface area contributed by atoms with E-state index >= 15 is 0 Å². The Morgan fingerprint density at radius 1 is 1.05 bits per heavy atom. The number of furan rings is 1. The number of hydrogen-bond donors (Lipinski definition) is 2. The van der Waals surface area contributed by atoms with Gasteiger partial charge >= 0.3 is 0 Å². The fourth-order valence-corrected chi connectivity index (χ4v) is 5.44. The number of nitro benzene ring substituents is 1. The van der Waals surface area contributed by atoms with E-state index in [1.807, 2.05) is 14.1 Å². The van der Waals surface area contributed by atoms with E-state index in [2.05, 4.69) is 15.5 Å². The van der Waals surface area contributed by atoms with Crippen LogP contribution in [0.1, 0.15) is 65.9 Å². The summed E-state index contributed by atoms with van der Waals surface area (Å²) in [5.74, 6) is 1.84. The Kier molecular flexibility index (Phi) is 7.31. The van der Waals surface area contributed by atoms with Crippen molar-refractivity contribution < 1.29 is 14.1 Å². The monoisotopic (exact) mass is 518 g/mol. The molecule has 2 heterocycles. The molecule has 3 aromatic rings. The Labute approximate surface area is 222 Å². The molecule has 0 bridgehead atoms. The first-order valence-corrected chi connectivity index (χ1v) is 13.3. The fraction of sp³-hybridized carbons (Fsp3) is 0.464. The topological polar surface area (TPSA) is 126 Å². The van der Waals surface area contributed by atoms with Crippen molar-refractivity contribution in [1.29, 1.82) is 0 Å². The molecule has 0 saturated heterocycles. The average molecular weight is 519 g/mol. The van der Waals surface area contributed by atoms with Crippen LogP contribution in [-0.4, -0.2) is 47.0 Å². The summed E-state index contributed by atoms with van der Waals surface area (Å²) >= 11 is 0. The summed E-state index contributed by atoms with van der Waals surface area (Å²) in [4.78, 5) is 35.6. The molecule has 1 amide bonds. The van der Waals surface area contributed by atoms with Gasteiger partial charge < -0.3 is 20.0 Å². The highest BCUT2D eigenvalue weighted by Gasteiger charge is 2.26. The Morgan fingerprint density at radius 3 is 2.53 bits per heavy atom. The van der Waals surface area contributed by atoms with Crippen molar-refractivity contribution in [3.63, 3.8) is 0 Å². The number of amides is 1. The second-order valence-corrected chi connectivity index (χ2v) is 10.5. The minimum Gasteiger partial charge on any atom is -0.451 e. The second kappa shape index (κ2) is 10.8. The molecule has 0 unspecified atom stereocenters. The number of nitro groups is 1. The molecule has 10 nitrogen and oxygen atoms in total. The molecule has 0 aliphatic heterocycles. The molecule has 2 aliphatic rings. The zero-order valence-electron chi connectivity index (χ0n) is 22.1. The first-order chi connectivity index (χ1) is 18.3. The number of benzene rings is 1. The number of hydrogen-bond acceptors (Lipinski definition) is 8. The summed E-state index contributed by atoms with van der Waals surface area (Å²) in [7, 11) is 4.05. The van der Waals surface area contributed by atoms with Crippen LogP contribution in [0.4, 0.5) is 17.5 Å². The first kappa shape index (κ1) is 25.7. The van der Waals surface area contributed by atoms with E-state index in [1.165, 1.54) is 24.5 Å². The van der Waals surface area contributed by atoms with Gasteiger partial charge in [-0.25, -0.2) is 4.98 Å². The van der Waals surface area contributed by atoms with E-state index in [0.29, 0.717) is 17.3 Å². The van der Waals surface area contributed by atoms with Crippen LogP contribution in [0.2, 0.25) is 0 Å². The molecule has 200 valence electrons. The molecule has 2 aromatic heterocycles. The van der Waals surface area contributed by atoms with Crippen LogP contribution in [0.25, 0.3) is 11.3 Å². The van der Waals surface area contributed by atoms with Crippen molar-refractivity contribution in [2.45, 2.75) is 70.4 Å². The van der Waals surface area contributed by atoms with Crippen molar-refractivity contribution >= 4 is 23.4 Å². The lowest BCUT2D eigenvalue weighted by Gasteiger charge is -2.30. The summed E-state index contributed by atoms with van der Waals surface area (Å²) in [5, 5.41) is 18.1. The number of carbonyl (C=O) groups excluding carboxylic acids is 1. The number of aromatic nitrogens is 2. The number of carbonyl (C=O) groups is 1. The summed E-state index contributed by atoms with van der Waals surface area (Å²) in [5.41, 5.74) is 3.53. The quantitative estimate of drug-likeness (QED) is 0.329. The van der Waals surface area contributed by atoms with Gasteiger partial charge in [0.1, 0.15) is 11.6 Å². The van der Waals surface area contributed by atoms with Crippen LogP contribution in [-0.2, 0) is 12.8 Å². The van der Waals surface area contributed by atoms with E-state index in [4.69, 9.17) is 14.4 Å². The molecule has 0 spiro atoms. The molecule has 2 aliphatic carbocycles. The molecular formula is C28H34N6O4. The molecule has 38 heavy (non-hydrogen) atoms.